The van der Waals surface area contributed by atoms with Gasteiger partial charge in [-0.15, -0.1) is 0 Å². The van der Waals surface area contributed by atoms with E-state index in [0.29, 0.717) is 21.7 Å². The molecule has 8 rings (SSSR count). The monoisotopic (exact) mass is 715 g/mol. The van der Waals surface area contributed by atoms with E-state index in [9.17, 15) is 0 Å². The minimum absolute atomic E-state index is 0. The number of rotatable bonds is 10. The van der Waals surface area contributed by atoms with Gasteiger partial charge in [-0.3, -0.25) is 0 Å². The van der Waals surface area contributed by atoms with Crippen molar-refractivity contribution in [2.45, 2.75) is 197 Å². The lowest BCUT2D eigenvalue weighted by Gasteiger charge is -2.59. The topological polar surface area (TPSA) is 24.1 Å². The molecule has 0 saturated heterocycles. The van der Waals surface area contributed by atoms with Crippen molar-refractivity contribution in [2.75, 3.05) is 13.1 Å². The molecule has 0 bridgehead atoms. The first-order chi connectivity index (χ1) is 24.5. The summed E-state index contributed by atoms with van der Waals surface area (Å²) in [5.41, 5.74) is 5.83. The Hall–Kier alpha value is -0.600. The van der Waals surface area contributed by atoms with Gasteiger partial charge in [0.05, 0.1) is 0 Å². The summed E-state index contributed by atoms with van der Waals surface area (Å²) in [6, 6.07) is 1.46. The fourth-order valence-corrected chi connectivity index (χ4v) is 17.2. The molecule has 296 valence electrons. The van der Waals surface area contributed by atoms with Gasteiger partial charge in [0.15, 0.2) is 0 Å². The van der Waals surface area contributed by atoms with Gasteiger partial charge in [0.25, 0.3) is 0 Å². The van der Waals surface area contributed by atoms with Crippen LogP contribution >= 0.6 is 0 Å². The smallest absolute Gasteiger partial charge is 0.0105 e. The van der Waals surface area contributed by atoms with Crippen molar-refractivity contribution in [3.05, 3.63) is 23.3 Å². The van der Waals surface area contributed by atoms with Gasteiger partial charge in [0.1, 0.15) is 0 Å². The summed E-state index contributed by atoms with van der Waals surface area (Å²) in [7, 11) is 0. The van der Waals surface area contributed by atoms with Crippen molar-refractivity contribution in [3.63, 3.8) is 0 Å². The molecule has 10 unspecified atom stereocenters. The van der Waals surface area contributed by atoms with E-state index in [2.05, 4.69) is 78.2 Å². The highest BCUT2D eigenvalue weighted by Gasteiger charge is 2.61. The predicted molar refractivity (Wildman–Crippen MR) is 224 cm³/mol. The predicted octanol–water partition coefficient (Wildman–Crippen LogP) is 13.2. The van der Waals surface area contributed by atoms with Gasteiger partial charge in [0, 0.05) is 12.1 Å². The van der Waals surface area contributed by atoms with Crippen LogP contribution in [0, 0.1) is 80.8 Å². The fourth-order valence-electron chi connectivity index (χ4n) is 17.2. The molecule has 16 atom stereocenters. The van der Waals surface area contributed by atoms with Crippen LogP contribution in [-0.2, 0) is 0 Å². The van der Waals surface area contributed by atoms with E-state index in [1.165, 1.54) is 135 Å². The van der Waals surface area contributed by atoms with Crippen LogP contribution in [0.15, 0.2) is 23.3 Å². The lowest BCUT2D eigenvalue weighted by Crippen LogP contribution is -2.52. The van der Waals surface area contributed by atoms with Crippen LogP contribution in [0.5, 0.6) is 0 Å². The number of hydrogen-bond donors (Lipinski definition) is 2. The molecule has 8 aliphatic rings. The van der Waals surface area contributed by atoms with Crippen LogP contribution in [0.3, 0.4) is 0 Å². The fraction of sp³-hybridized carbons (Fsp3) is 0.920. The number of fused-ring (bicyclic) bond motifs is 10. The summed E-state index contributed by atoms with van der Waals surface area (Å²) in [5, 5.41) is 7.79. The molecule has 0 aliphatic heterocycles. The maximum Gasteiger partial charge on any atom is 0.0105 e. The van der Waals surface area contributed by atoms with E-state index in [4.69, 9.17) is 0 Å². The molecule has 0 spiro atoms. The van der Waals surface area contributed by atoms with E-state index in [1.807, 2.05) is 11.1 Å². The van der Waals surface area contributed by atoms with Crippen molar-refractivity contribution in [3.8, 4) is 0 Å². The van der Waals surface area contributed by atoms with Gasteiger partial charge in [-0.2, -0.15) is 0 Å². The lowest BCUT2D eigenvalue weighted by atomic mass is 9.46. The van der Waals surface area contributed by atoms with Crippen LogP contribution in [0.25, 0.3) is 0 Å². The van der Waals surface area contributed by atoms with Gasteiger partial charge >= 0.3 is 0 Å². The molecule has 6 fully saturated rings. The van der Waals surface area contributed by atoms with E-state index in [-0.39, 0.29) is 7.43 Å². The van der Waals surface area contributed by atoms with E-state index in [1.54, 1.807) is 0 Å². The highest BCUT2D eigenvalue weighted by molar-refractivity contribution is 5.27. The molecule has 8 aliphatic carbocycles. The Morgan fingerprint density at radius 3 is 1.40 bits per heavy atom. The molecule has 0 aromatic heterocycles. The summed E-state index contributed by atoms with van der Waals surface area (Å²) in [4.78, 5) is 0. The highest BCUT2D eigenvalue weighted by Crippen LogP contribution is 2.70. The summed E-state index contributed by atoms with van der Waals surface area (Å²) in [6.45, 7) is 23.5. The third-order valence-electron chi connectivity index (χ3n) is 19.8. The molecule has 0 heterocycles. The van der Waals surface area contributed by atoms with Crippen molar-refractivity contribution in [1.82, 2.24) is 10.6 Å². The molecule has 0 radical (unpaired) electrons. The highest BCUT2D eigenvalue weighted by atomic mass is 14.9. The van der Waals surface area contributed by atoms with Gasteiger partial charge in [-0.1, -0.05) is 86.1 Å². The first kappa shape index (κ1) is 39.6. The first-order valence-electron chi connectivity index (χ1n) is 23.3. The quantitative estimate of drug-likeness (QED) is 0.220. The largest absolute Gasteiger partial charge is 0.314 e. The average molecular weight is 715 g/mol. The summed E-state index contributed by atoms with van der Waals surface area (Å²) in [5.74, 6) is 9.39. The van der Waals surface area contributed by atoms with E-state index in [0.717, 1.165) is 71.3 Å². The van der Waals surface area contributed by atoms with E-state index < -0.39 is 0 Å². The molecule has 2 heteroatoms. The second-order valence-corrected chi connectivity index (χ2v) is 22.0. The number of nitrogens with one attached hydrogen (secondary N) is 2. The Kier molecular flexibility index (Phi) is 11.5. The maximum absolute atomic E-state index is 3.89. The third-order valence-corrected chi connectivity index (χ3v) is 19.8. The summed E-state index contributed by atoms with van der Waals surface area (Å²) >= 11 is 0. The molecule has 0 aromatic rings. The molecular formula is C50H86N2. The van der Waals surface area contributed by atoms with Gasteiger partial charge in [-0.05, 0) is 216 Å². The van der Waals surface area contributed by atoms with Crippen molar-refractivity contribution in [2.24, 2.45) is 80.8 Å². The third kappa shape index (κ3) is 6.31. The molecule has 6 saturated carbocycles. The normalized spacial score (nSPS) is 49.1. The van der Waals surface area contributed by atoms with Crippen LogP contribution in [0.4, 0.5) is 0 Å². The Balaban J connectivity index is 0.00000420. The Morgan fingerprint density at radius 1 is 0.577 bits per heavy atom. The number of hydrogen-bond acceptors (Lipinski definition) is 2. The summed E-state index contributed by atoms with van der Waals surface area (Å²) in [6.07, 6.45) is 32.8. The average Bonchev–Trinajstić information content (AvgIpc) is 3.66. The van der Waals surface area contributed by atoms with Crippen LogP contribution in [-0.4, -0.2) is 25.2 Å². The van der Waals surface area contributed by atoms with Gasteiger partial charge < -0.3 is 10.6 Å². The van der Waals surface area contributed by atoms with Crippen LogP contribution in [0.1, 0.15) is 185 Å². The molecule has 0 aromatic carbocycles. The molecule has 2 nitrogen and oxygen atoms in total. The molecule has 52 heavy (non-hydrogen) atoms. The van der Waals surface area contributed by atoms with Crippen LogP contribution in [0.2, 0.25) is 0 Å². The van der Waals surface area contributed by atoms with Crippen molar-refractivity contribution < 1.29 is 0 Å². The molecular weight excluding hydrogens is 629 g/mol. The minimum Gasteiger partial charge on any atom is -0.314 e. The summed E-state index contributed by atoms with van der Waals surface area (Å²) < 4.78 is 0. The number of allylic oxidation sites excluding steroid dienone is 2. The molecule has 2 N–H and O–H groups in total. The van der Waals surface area contributed by atoms with Gasteiger partial charge in [-0.25, -0.2) is 0 Å². The molecule has 0 amide bonds. The lowest BCUT2D eigenvalue weighted by molar-refractivity contribution is -0.0608. The Labute approximate surface area is 323 Å². The Bertz CT molecular complexity index is 1210. The second kappa shape index (κ2) is 15.1. The minimum atomic E-state index is 0. The zero-order valence-corrected chi connectivity index (χ0v) is 34.9. The van der Waals surface area contributed by atoms with Crippen LogP contribution < -0.4 is 10.6 Å². The SMILES string of the molecule is C.CCCN[C@H]1CCC2(C)C(=CC[C@@H]3C2CCC2(C)C3CCC2[C@H](C)C[C@@H](C)C2CCC3[C@@H]4CC=C5C[C@@H](NCCC)CCC5(C)C4CCC32C)C1. The van der Waals surface area contributed by atoms with E-state index >= 15 is 0 Å². The zero-order chi connectivity index (χ0) is 35.8. The zero-order valence-electron chi connectivity index (χ0n) is 34.9. The van der Waals surface area contributed by atoms with Crippen molar-refractivity contribution in [1.29, 1.82) is 0 Å². The van der Waals surface area contributed by atoms with Crippen molar-refractivity contribution >= 4 is 0 Å². The second-order valence-electron chi connectivity index (χ2n) is 22.0. The standard InChI is InChI=1S/C49H82N2.CH4/c1-9-27-50-36-19-23-46(5)34(30-36)11-13-38-42-17-15-40(48(42,7)25-21-44(38)46)32(3)29-33(4)41-16-18-43-39-14-12-35-31-37(51-28-10-2)20-24-47(35,6)45(39)22-26-49(41,43)8;/h11-12,32-33,36-45,50-51H,9-10,13-31H2,1-8H3;1H4/t32-,33-,36+,37+,38+,39+,40?,41?,42?,43?,44?,45?,46?,47?,48?,49?;/m1./s1. The first-order valence-corrected chi connectivity index (χ1v) is 23.3. The maximum atomic E-state index is 3.89. The van der Waals surface area contributed by atoms with Gasteiger partial charge in [0.2, 0.25) is 0 Å². The Morgan fingerprint density at radius 2 is 1.00 bits per heavy atom.